The first-order valence-corrected chi connectivity index (χ1v) is 7.60. The lowest BCUT2D eigenvalue weighted by Crippen LogP contribution is -2.36. The van der Waals surface area contributed by atoms with Crippen LogP contribution >= 0.6 is 0 Å². The Morgan fingerprint density at radius 1 is 1.50 bits per heavy atom. The van der Waals surface area contributed by atoms with Gasteiger partial charge in [-0.3, -0.25) is 4.68 Å². The molecule has 3 N–H and O–H groups in total. The summed E-state index contributed by atoms with van der Waals surface area (Å²) in [6.45, 7) is 6.94. The van der Waals surface area contributed by atoms with E-state index < -0.39 is 5.60 Å². The maximum absolute atomic E-state index is 11.6. The SMILES string of the molecule is CC(C)(C)OC(=O)NC1CC1NCc1cn(CCCO)nn1. The number of carbonyl (C=O) groups is 1. The predicted molar refractivity (Wildman–Crippen MR) is 80.1 cm³/mol. The summed E-state index contributed by atoms with van der Waals surface area (Å²) < 4.78 is 6.94. The summed E-state index contributed by atoms with van der Waals surface area (Å²) >= 11 is 0. The van der Waals surface area contributed by atoms with E-state index in [1.165, 1.54) is 0 Å². The van der Waals surface area contributed by atoms with Crippen LogP contribution in [0.3, 0.4) is 0 Å². The topological polar surface area (TPSA) is 101 Å². The Kier molecular flexibility index (Phi) is 5.36. The molecular weight excluding hydrogens is 286 g/mol. The molecule has 0 aromatic carbocycles. The minimum atomic E-state index is -0.477. The van der Waals surface area contributed by atoms with E-state index in [1.54, 1.807) is 4.68 Å². The van der Waals surface area contributed by atoms with Crippen molar-refractivity contribution in [3.63, 3.8) is 0 Å². The molecule has 2 rings (SSSR count). The number of aliphatic hydroxyl groups excluding tert-OH is 1. The molecule has 22 heavy (non-hydrogen) atoms. The van der Waals surface area contributed by atoms with Crippen LogP contribution in [0.5, 0.6) is 0 Å². The van der Waals surface area contributed by atoms with Gasteiger partial charge in [-0.15, -0.1) is 5.10 Å². The summed E-state index contributed by atoms with van der Waals surface area (Å²) in [7, 11) is 0. The normalized spacial score (nSPS) is 20.7. The van der Waals surface area contributed by atoms with Gasteiger partial charge in [0.25, 0.3) is 0 Å². The van der Waals surface area contributed by atoms with Crippen molar-refractivity contribution in [2.75, 3.05) is 6.61 Å². The highest BCUT2D eigenvalue weighted by Gasteiger charge is 2.38. The van der Waals surface area contributed by atoms with E-state index in [1.807, 2.05) is 27.0 Å². The summed E-state index contributed by atoms with van der Waals surface area (Å²) in [6, 6.07) is 0.356. The van der Waals surface area contributed by atoms with Gasteiger partial charge in [-0.1, -0.05) is 5.21 Å². The third kappa shape index (κ3) is 5.61. The summed E-state index contributed by atoms with van der Waals surface area (Å²) in [6.07, 6.45) is 3.04. The third-order valence-corrected chi connectivity index (χ3v) is 3.17. The number of hydrogen-bond acceptors (Lipinski definition) is 6. The first kappa shape index (κ1) is 16.7. The van der Waals surface area contributed by atoms with Crippen molar-refractivity contribution in [3.8, 4) is 0 Å². The molecule has 0 spiro atoms. The highest BCUT2D eigenvalue weighted by molar-refractivity contribution is 5.68. The van der Waals surface area contributed by atoms with E-state index in [9.17, 15) is 4.79 Å². The summed E-state index contributed by atoms with van der Waals surface area (Å²) in [5.41, 5.74) is 0.371. The van der Waals surface area contributed by atoms with Crippen LogP contribution in [-0.2, 0) is 17.8 Å². The molecule has 124 valence electrons. The van der Waals surface area contributed by atoms with Gasteiger partial charge in [0.05, 0.1) is 5.69 Å². The minimum Gasteiger partial charge on any atom is -0.444 e. The second kappa shape index (κ2) is 7.06. The van der Waals surface area contributed by atoms with Gasteiger partial charge in [0.2, 0.25) is 0 Å². The monoisotopic (exact) mass is 311 g/mol. The molecule has 1 aromatic rings. The molecule has 1 saturated carbocycles. The molecule has 1 heterocycles. The quantitative estimate of drug-likeness (QED) is 0.674. The smallest absolute Gasteiger partial charge is 0.407 e. The molecule has 1 amide bonds. The van der Waals surface area contributed by atoms with Crippen molar-refractivity contribution in [3.05, 3.63) is 11.9 Å². The van der Waals surface area contributed by atoms with E-state index >= 15 is 0 Å². The Hall–Kier alpha value is -1.67. The van der Waals surface area contributed by atoms with Crippen LogP contribution in [0.1, 0.15) is 39.3 Å². The summed E-state index contributed by atoms with van der Waals surface area (Å²) in [5, 5.41) is 23.0. The molecule has 0 saturated heterocycles. The average molecular weight is 311 g/mol. The molecule has 2 atom stereocenters. The van der Waals surface area contributed by atoms with E-state index in [0.29, 0.717) is 19.5 Å². The fraction of sp³-hybridized carbons (Fsp3) is 0.786. The first-order chi connectivity index (χ1) is 10.4. The number of rotatable bonds is 7. The highest BCUT2D eigenvalue weighted by Crippen LogP contribution is 2.22. The Morgan fingerprint density at radius 3 is 2.95 bits per heavy atom. The van der Waals surface area contributed by atoms with Gasteiger partial charge in [0.1, 0.15) is 5.60 Å². The largest absolute Gasteiger partial charge is 0.444 e. The molecule has 8 nitrogen and oxygen atoms in total. The lowest BCUT2D eigenvalue weighted by atomic mass is 10.2. The van der Waals surface area contributed by atoms with E-state index in [-0.39, 0.29) is 24.8 Å². The van der Waals surface area contributed by atoms with Crippen molar-refractivity contribution in [1.29, 1.82) is 0 Å². The van der Waals surface area contributed by atoms with Crippen molar-refractivity contribution in [2.45, 2.75) is 64.4 Å². The molecule has 1 fully saturated rings. The molecule has 0 bridgehead atoms. The first-order valence-electron chi connectivity index (χ1n) is 7.60. The lowest BCUT2D eigenvalue weighted by Gasteiger charge is -2.19. The summed E-state index contributed by atoms with van der Waals surface area (Å²) in [4.78, 5) is 11.6. The highest BCUT2D eigenvalue weighted by atomic mass is 16.6. The number of aromatic nitrogens is 3. The van der Waals surface area contributed by atoms with Gasteiger partial charge in [0.15, 0.2) is 0 Å². The van der Waals surface area contributed by atoms with E-state index in [0.717, 1.165) is 12.1 Å². The van der Waals surface area contributed by atoms with Crippen LogP contribution < -0.4 is 10.6 Å². The van der Waals surface area contributed by atoms with Gasteiger partial charge in [-0.25, -0.2) is 4.79 Å². The Balaban J connectivity index is 1.65. The maximum Gasteiger partial charge on any atom is 0.407 e. The number of ether oxygens (including phenoxy) is 1. The van der Waals surface area contributed by atoms with Crippen molar-refractivity contribution in [2.24, 2.45) is 0 Å². The zero-order valence-corrected chi connectivity index (χ0v) is 13.4. The Labute approximate surface area is 130 Å². The molecule has 1 aromatic heterocycles. The van der Waals surface area contributed by atoms with Crippen molar-refractivity contribution >= 4 is 6.09 Å². The number of nitrogens with one attached hydrogen (secondary N) is 2. The standard InChI is InChI=1S/C14H25N5O3/c1-14(2,3)22-13(21)16-12-7-11(12)15-8-10-9-19(18-17-10)5-4-6-20/h9,11-12,15,20H,4-8H2,1-3H3,(H,16,21). The van der Waals surface area contributed by atoms with Gasteiger partial charge in [-0.05, 0) is 33.6 Å². The maximum atomic E-state index is 11.6. The molecule has 2 unspecified atom stereocenters. The second-order valence-electron chi connectivity index (χ2n) is 6.53. The number of alkyl carbamates (subject to hydrolysis) is 1. The number of hydrogen-bond donors (Lipinski definition) is 3. The lowest BCUT2D eigenvalue weighted by molar-refractivity contribution is 0.0522. The van der Waals surface area contributed by atoms with Crippen LogP contribution in [-0.4, -0.2) is 50.5 Å². The molecule has 0 radical (unpaired) electrons. The second-order valence-corrected chi connectivity index (χ2v) is 6.53. The van der Waals surface area contributed by atoms with Crippen LogP contribution in [0.2, 0.25) is 0 Å². The summed E-state index contributed by atoms with van der Waals surface area (Å²) in [5.74, 6) is 0. The predicted octanol–water partition coefficient (Wildman–Crippen LogP) is 0.416. The number of amides is 1. The number of aryl methyl sites for hydroxylation is 1. The fourth-order valence-corrected chi connectivity index (χ4v) is 2.04. The molecular formula is C14H25N5O3. The zero-order chi connectivity index (χ0) is 16.2. The Morgan fingerprint density at radius 2 is 2.27 bits per heavy atom. The number of aliphatic hydroxyl groups is 1. The molecule has 1 aliphatic carbocycles. The van der Waals surface area contributed by atoms with Gasteiger partial charge in [0, 0.05) is 38.0 Å². The molecule has 0 aliphatic heterocycles. The van der Waals surface area contributed by atoms with Crippen LogP contribution in [0.4, 0.5) is 4.79 Å². The zero-order valence-electron chi connectivity index (χ0n) is 13.4. The van der Waals surface area contributed by atoms with Gasteiger partial charge >= 0.3 is 6.09 Å². The van der Waals surface area contributed by atoms with Gasteiger partial charge < -0.3 is 20.5 Å². The van der Waals surface area contributed by atoms with Crippen LogP contribution in [0, 0.1) is 0 Å². The van der Waals surface area contributed by atoms with Crippen LogP contribution in [0.25, 0.3) is 0 Å². The van der Waals surface area contributed by atoms with Crippen LogP contribution in [0.15, 0.2) is 6.20 Å². The average Bonchev–Trinajstić information content (AvgIpc) is 2.97. The van der Waals surface area contributed by atoms with Crippen molar-refractivity contribution < 1.29 is 14.6 Å². The number of carbonyl (C=O) groups excluding carboxylic acids is 1. The Bertz CT molecular complexity index is 497. The minimum absolute atomic E-state index is 0.110. The molecule has 1 aliphatic rings. The van der Waals surface area contributed by atoms with Crippen molar-refractivity contribution in [1.82, 2.24) is 25.6 Å². The third-order valence-electron chi connectivity index (χ3n) is 3.17. The van der Waals surface area contributed by atoms with Gasteiger partial charge in [-0.2, -0.15) is 0 Å². The molecule has 8 heteroatoms. The van der Waals surface area contributed by atoms with E-state index in [2.05, 4.69) is 20.9 Å². The number of nitrogens with zero attached hydrogens (tertiary/aromatic N) is 3. The fourth-order valence-electron chi connectivity index (χ4n) is 2.04. The van der Waals surface area contributed by atoms with E-state index in [4.69, 9.17) is 9.84 Å².